The number of para-hydroxylation sites is 1. The van der Waals surface area contributed by atoms with Crippen LogP contribution in [0.5, 0.6) is 5.75 Å². The summed E-state index contributed by atoms with van der Waals surface area (Å²) in [6.07, 6.45) is -0.803. The maximum atomic E-state index is 12.3. The Morgan fingerprint density at radius 1 is 1.09 bits per heavy atom. The van der Waals surface area contributed by atoms with Crippen LogP contribution >= 0.6 is 0 Å². The summed E-state index contributed by atoms with van der Waals surface area (Å²) in [5.41, 5.74) is 6.55. The molecule has 0 bridgehead atoms. The molecule has 22 heavy (non-hydrogen) atoms. The topological polar surface area (TPSA) is 81.4 Å². The number of hydrogen-bond donors (Lipinski definition) is 2. The first-order chi connectivity index (χ1) is 10.6. The lowest BCUT2D eigenvalue weighted by Gasteiger charge is -2.14. The third-order valence-electron chi connectivity index (χ3n) is 3.13. The molecule has 2 aromatic rings. The summed E-state index contributed by atoms with van der Waals surface area (Å²) in [7, 11) is 0. The van der Waals surface area contributed by atoms with Crippen LogP contribution in [-0.4, -0.2) is 17.9 Å². The lowest BCUT2D eigenvalue weighted by atomic mass is 10.1. The van der Waals surface area contributed by atoms with Gasteiger partial charge in [0.05, 0.1) is 5.56 Å². The van der Waals surface area contributed by atoms with Gasteiger partial charge in [0.25, 0.3) is 11.8 Å². The molecule has 0 aromatic heterocycles. The highest BCUT2D eigenvalue weighted by molar-refractivity contribution is 5.97. The van der Waals surface area contributed by atoms with Gasteiger partial charge in [-0.05, 0) is 24.6 Å². The summed E-state index contributed by atoms with van der Waals surface area (Å²) < 4.78 is 5.44. The number of carbonyl (C=O) groups excluding carboxylic acids is 2. The van der Waals surface area contributed by atoms with Gasteiger partial charge in [-0.1, -0.05) is 42.5 Å². The van der Waals surface area contributed by atoms with E-state index in [-0.39, 0.29) is 5.91 Å². The molecule has 1 atom stereocenters. The van der Waals surface area contributed by atoms with Crippen LogP contribution in [0.3, 0.4) is 0 Å². The van der Waals surface area contributed by atoms with Gasteiger partial charge in [0.1, 0.15) is 5.75 Å². The van der Waals surface area contributed by atoms with E-state index >= 15 is 0 Å². The van der Waals surface area contributed by atoms with Crippen molar-refractivity contribution < 1.29 is 14.3 Å². The first-order valence-corrected chi connectivity index (χ1v) is 6.95. The Labute approximate surface area is 129 Å². The van der Waals surface area contributed by atoms with E-state index in [1.807, 2.05) is 30.3 Å². The Hall–Kier alpha value is -2.82. The summed E-state index contributed by atoms with van der Waals surface area (Å²) >= 11 is 0. The van der Waals surface area contributed by atoms with Gasteiger partial charge in [0.15, 0.2) is 6.10 Å². The van der Waals surface area contributed by atoms with Crippen LogP contribution in [0.25, 0.3) is 0 Å². The van der Waals surface area contributed by atoms with Crippen LogP contribution in [0.15, 0.2) is 54.6 Å². The summed E-state index contributed by atoms with van der Waals surface area (Å²) in [5, 5.41) is 2.82. The van der Waals surface area contributed by atoms with Gasteiger partial charge in [-0.3, -0.25) is 9.59 Å². The van der Waals surface area contributed by atoms with E-state index in [1.54, 1.807) is 31.2 Å². The highest BCUT2D eigenvalue weighted by Crippen LogP contribution is 2.19. The summed E-state index contributed by atoms with van der Waals surface area (Å²) in [6, 6.07) is 16.3. The molecule has 0 aliphatic carbocycles. The number of nitrogens with one attached hydrogen (secondary N) is 1. The highest BCUT2D eigenvalue weighted by atomic mass is 16.5. The second-order valence-corrected chi connectivity index (χ2v) is 4.83. The second kappa shape index (κ2) is 7.26. The van der Waals surface area contributed by atoms with Crippen molar-refractivity contribution in [3.63, 3.8) is 0 Å². The fourth-order valence-electron chi connectivity index (χ4n) is 1.88. The molecular weight excluding hydrogens is 280 g/mol. The molecule has 5 heteroatoms. The number of ether oxygens (including phenoxy) is 1. The van der Waals surface area contributed by atoms with Crippen LogP contribution < -0.4 is 15.8 Å². The molecule has 0 fully saturated rings. The number of nitrogens with two attached hydrogens (primary N) is 1. The minimum Gasteiger partial charge on any atom is -0.480 e. The fraction of sp³-hybridized carbons (Fsp3) is 0.176. The van der Waals surface area contributed by atoms with E-state index in [9.17, 15) is 9.59 Å². The first-order valence-electron chi connectivity index (χ1n) is 6.95. The number of hydrogen-bond acceptors (Lipinski definition) is 3. The number of carbonyl (C=O) groups is 2. The molecule has 0 radical (unpaired) electrons. The number of amides is 2. The zero-order valence-electron chi connectivity index (χ0n) is 12.3. The molecular formula is C17H18N2O3. The van der Waals surface area contributed by atoms with Gasteiger partial charge in [0.2, 0.25) is 0 Å². The van der Waals surface area contributed by atoms with E-state index in [4.69, 9.17) is 10.5 Å². The molecule has 114 valence electrons. The van der Waals surface area contributed by atoms with E-state index in [1.165, 1.54) is 0 Å². The van der Waals surface area contributed by atoms with Crippen molar-refractivity contribution >= 4 is 11.8 Å². The Bertz CT molecular complexity index is 656. The fourth-order valence-corrected chi connectivity index (χ4v) is 1.88. The van der Waals surface area contributed by atoms with Crippen molar-refractivity contribution in [2.45, 2.75) is 19.6 Å². The maximum Gasteiger partial charge on any atom is 0.258 e. The molecule has 3 N–H and O–H groups in total. The zero-order valence-corrected chi connectivity index (χ0v) is 12.3. The predicted molar refractivity (Wildman–Crippen MR) is 83.3 cm³/mol. The Morgan fingerprint density at radius 2 is 1.73 bits per heavy atom. The average Bonchev–Trinajstić information content (AvgIpc) is 2.54. The minimum atomic E-state index is -0.803. The molecule has 0 aliphatic rings. The van der Waals surface area contributed by atoms with Crippen LogP contribution in [0, 0.1) is 0 Å². The third kappa shape index (κ3) is 4.09. The van der Waals surface area contributed by atoms with E-state index in [0.717, 1.165) is 5.56 Å². The van der Waals surface area contributed by atoms with Crippen LogP contribution in [0.1, 0.15) is 22.8 Å². The second-order valence-electron chi connectivity index (χ2n) is 4.83. The molecule has 0 heterocycles. The van der Waals surface area contributed by atoms with Crippen LogP contribution in [0.2, 0.25) is 0 Å². The van der Waals surface area contributed by atoms with Crippen molar-refractivity contribution in [1.29, 1.82) is 0 Å². The molecule has 0 aliphatic heterocycles. The van der Waals surface area contributed by atoms with Crippen molar-refractivity contribution in [2.24, 2.45) is 5.73 Å². The Balaban J connectivity index is 2.07. The third-order valence-corrected chi connectivity index (χ3v) is 3.13. The summed E-state index contributed by atoms with van der Waals surface area (Å²) in [6.45, 7) is 1.96. The monoisotopic (exact) mass is 298 g/mol. The SMILES string of the molecule is CC(Oc1ccccc1C(=O)NCc1ccccc1)C(N)=O. The Morgan fingerprint density at radius 3 is 2.41 bits per heavy atom. The van der Waals surface area contributed by atoms with Gasteiger partial charge in [-0.2, -0.15) is 0 Å². The van der Waals surface area contributed by atoms with Gasteiger partial charge in [0, 0.05) is 6.54 Å². The number of rotatable bonds is 6. The zero-order chi connectivity index (χ0) is 15.9. The van der Waals surface area contributed by atoms with Gasteiger partial charge >= 0.3 is 0 Å². The Kier molecular flexibility index (Phi) is 5.14. The molecule has 2 aromatic carbocycles. The lowest BCUT2D eigenvalue weighted by molar-refractivity contribution is -0.124. The van der Waals surface area contributed by atoms with Crippen molar-refractivity contribution in [1.82, 2.24) is 5.32 Å². The van der Waals surface area contributed by atoms with E-state index < -0.39 is 12.0 Å². The quantitative estimate of drug-likeness (QED) is 0.854. The van der Waals surface area contributed by atoms with Crippen molar-refractivity contribution in [3.05, 3.63) is 65.7 Å². The maximum absolute atomic E-state index is 12.3. The molecule has 2 rings (SSSR count). The van der Waals surface area contributed by atoms with Gasteiger partial charge in [-0.15, -0.1) is 0 Å². The number of primary amides is 1. The minimum absolute atomic E-state index is 0.267. The van der Waals surface area contributed by atoms with Crippen LogP contribution in [-0.2, 0) is 11.3 Å². The molecule has 2 amide bonds. The summed E-state index contributed by atoms with van der Waals surface area (Å²) in [4.78, 5) is 23.4. The molecule has 1 unspecified atom stereocenters. The predicted octanol–water partition coefficient (Wildman–Crippen LogP) is 1.87. The average molecular weight is 298 g/mol. The van der Waals surface area contributed by atoms with E-state index in [0.29, 0.717) is 17.9 Å². The standard InChI is InChI=1S/C17H18N2O3/c1-12(16(18)20)22-15-10-6-5-9-14(15)17(21)19-11-13-7-3-2-4-8-13/h2-10,12H,11H2,1H3,(H2,18,20)(H,19,21). The largest absolute Gasteiger partial charge is 0.480 e. The summed E-state index contributed by atoms with van der Waals surface area (Å²) in [5.74, 6) is -0.519. The molecule has 5 nitrogen and oxygen atoms in total. The molecule has 0 saturated carbocycles. The van der Waals surface area contributed by atoms with Crippen molar-refractivity contribution in [3.8, 4) is 5.75 Å². The highest BCUT2D eigenvalue weighted by Gasteiger charge is 2.16. The van der Waals surface area contributed by atoms with Gasteiger partial charge < -0.3 is 15.8 Å². The number of benzene rings is 2. The van der Waals surface area contributed by atoms with Crippen molar-refractivity contribution in [2.75, 3.05) is 0 Å². The van der Waals surface area contributed by atoms with Crippen LogP contribution in [0.4, 0.5) is 0 Å². The molecule has 0 saturated heterocycles. The normalized spacial score (nSPS) is 11.5. The smallest absolute Gasteiger partial charge is 0.258 e. The first kappa shape index (κ1) is 15.6. The van der Waals surface area contributed by atoms with Gasteiger partial charge in [-0.25, -0.2) is 0 Å². The lowest BCUT2D eigenvalue weighted by Crippen LogP contribution is -2.31. The molecule has 0 spiro atoms. The van der Waals surface area contributed by atoms with E-state index in [2.05, 4.69) is 5.32 Å².